The van der Waals surface area contributed by atoms with E-state index >= 15 is 0 Å². The summed E-state index contributed by atoms with van der Waals surface area (Å²) in [6.45, 7) is 3.45. The molecule has 0 rings (SSSR count). The van der Waals surface area contributed by atoms with Gasteiger partial charge in [-0.2, -0.15) is 0 Å². The maximum Gasteiger partial charge on any atom is 0.330 e. The molecule has 0 unspecified atom stereocenters. The molecule has 0 heterocycles. The normalized spacial score (nSPS) is 16.3. The van der Waals surface area contributed by atoms with Gasteiger partial charge in [0, 0.05) is 6.61 Å². The van der Waals surface area contributed by atoms with Crippen LogP contribution in [-0.4, -0.2) is 35.7 Å². The molecule has 0 saturated carbocycles. The predicted octanol–water partition coefficient (Wildman–Crippen LogP) is -0.861. The molecule has 94 valence electrons. The number of nitrogens with two attached hydrogens (primary N) is 2. The minimum atomic E-state index is -0.988. The number of hydrogen-bond acceptors (Lipinski definition) is 6. The lowest BCUT2D eigenvalue weighted by Crippen LogP contribution is -2.42. The van der Waals surface area contributed by atoms with E-state index in [0.717, 1.165) is 0 Å². The van der Waals surface area contributed by atoms with Gasteiger partial charge in [0.25, 0.3) is 0 Å². The molecule has 5 N–H and O–H groups in total. The lowest BCUT2D eigenvalue weighted by Gasteiger charge is -2.17. The van der Waals surface area contributed by atoms with E-state index in [1.165, 1.54) is 0 Å². The maximum atomic E-state index is 11.4. The van der Waals surface area contributed by atoms with Crippen molar-refractivity contribution in [3.8, 4) is 0 Å². The Morgan fingerprint density at radius 1 is 1.31 bits per heavy atom. The minimum Gasteiger partial charge on any atom is -0.396 e. The van der Waals surface area contributed by atoms with Gasteiger partial charge in [-0.1, -0.05) is 20.3 Å². The average molecular weight is 232 g/mol. The van der Waals surface area contributed by atoms with Gasteiger partial charge in [-0.3, -0.25) is 0 Å². The Bertz CT molecular complexity index is 245. The van der Waals surface area contributed by atoms with E-state index in [2.05, 4.69) is 4.74 Å². The third kappa shape index (κ3) is 4.69. The van der Waals surface area contributed by atoms with E-state index in [1.807, 2.05) is 6.92 Å². The molecule has 0 aliphatic heterocycles. The number of aliphatic hydroxyl groups excluding tert-OH is 1. The van der Waals surface area contributed by atoms with Gasteiger partial charge >= 0.3 is 11.9 Å². The summed E-state index contributed by atoms with van der Waals surface area (Å²) in [5.74, 6) is -1.68. The van der Waals surface area contributed by atoms with Crippen LogP contribution in [-0.2, 0) is 14.3 Å². The molecule has 0 aromatic carbocycles. The molecule has 16 heavy (non-hydrogen) atoms. The monoisotopic (exact) mass is 232 g/mol. The van der Waals surface area contributed by atoms with Gasteiger partial charge in [-0.05, 0) is 12.3 Å². The van der Waals surface area contributed by atoms with Crippen LogP contribution in [0.1, 0.15) is 26.7 Å². The Labute approximate surface area is 94.9 Å². The van der Waals surface area contributed by atoms with Crippen molar-refractivity contribution < 1.29 is 19.4 Å². The summed E-state index contributed by atoms with van der Waals surface area (Å²) >= 11 is 0. The first kappa shape index (κ1) is 15.0. The second kappa shape index (κ2) is 7.32. The van der Waals surface area contributed by atoms with Gasteiger partial charge < -0.3 is 21.3 Å². The zero-order chi connectivity index (χ0) is 12.7. The van der Waals surface area contributed by atoms with Crippen molar-refractivity contribution in [2.75, 3.05) is 6.61 Å². The van der Waals surface area contributed by atoms with Crippen molar-refractivity contribution in [2.45, 2.75) is 38.8 Å². The SMILES string of the molecule is CC[C@H](C)[C@H](N)C(=O)OC(=O)[C@@H](N)CCO. The Balaban J connectivity index is 4.18. The van der Waals surface area contributed by atoms with Gasteiger partial charge in [0.05, 0.1) is 0 Å². The van der Waals surface area contributed by atoms with Gasteiger partial charge in [0.15, 0.2) is 0 Å². The van der Waals surface area contributed by atoms with Crippen LogP contribution in [0.2, 0.25) is 0 Å². The highest BCUT2D eigenvalue weighted by Crippen LogP contribution is 2.07. The van der Waals surface area contributed by atoms with Crippen molar-refractivity contribution in [1.29, 1.82) is 0 Å². The number of ether oxygens (including phenoxy) is 1. The van der Waals surface area contributed by atoms with E-state index in [9.17, 15) is 9.59 Å². The van der Waals surface area contributed by atoms with Crippen LogP contribution in [0.15, 0.2) is 0 Å². The van der Waals surface area contributed by atoms with E-state index in [0.29, 0.717) is 6.42 Å². The van der Waals surface area contributed by atoms with E-state index < -0.39 is 24.0 Å². The molecule has 0 aromatic heterocycles. The average Bonchev–Trinajstić information content (AvgIpc) is 2.26. The zero-order valence-corrected chi connectivity index (χ0v) is 9.68. The van der Waals surface area contributed by atoms with Crippen LogP contribution in [0, 0.1) is 5.92 Å². The van der Waals surface area contributed by atoms with E-state index in [-0.39, 0.29) is 18.9 Å². The molecule has 0 fully saturated rings. The summed E-state index contributed by atoms with van der Waals surface area (Å²) in [4.78, 5) is 22.6. The fourth-order valence-corrected chi connectivity index (χ4v) is 0.986. The summed E-state index contributed by atoms with van der Waals surface area (Å²) in [6.07, 6.45) is 0.776. The number of aliphatic hydroxyl groups is 1. The largest absolute Gasteiger partial charge is 0.396 e. The molecule has 0 aliphatic rings. The van der Waals surface area contributed by atoms with Crippen molar-refractivity contribution >= 4 is 11.9 Å². The highest BCUT2D eigenvalue weighted by Gasteiger charge is 2.25. The quantitative estimate of drug-likeness (QED) is 0.405. The molecule has 3 atom stereocenters. The molecule has 0 spiro atoms. The third-order valence-corrected chi connectivity index (χ3v) is 2.47. The first-order valence-electron chi connectivity index (χ1n) is 5.31. The second-order valence-electron chi connectivity index (χ2n) is 3.77. The van der Waals surface area contributed by atoms with Gasteiger partial charge in [0.1, 0.15) is 12.1 Å². The van der Waals surface area contributed by atoms with Crippen molar-refractivity contribution in [2.24, 2.45) is 17.4 Å². The predicted molar refractivity (Wildman–Crippen MR) is 58.2 cm³/mol. The second-order valence-corrected chi connectivity index (χ2v) is 3.77. The van der Waals surface area contributed by atoms with Crippen LogP contribution in [0.3, 0.4) is 0 Å². The maximum absolute atomic E-state index is 11.4. The number of carbonyl (C=O) groups excluding carboxylic acids is 2. The van der Waals surface area contributed by atoms with E-state index in [1.54, 1.807) is 6.92 Å². The number of esters is 2. The smallest absolute Gasteiger partial charge is 0.330 e. The summed E-state index contributed by atoms with van der Waals surface area (Å²) in [6, 6.07) is -1.81. The molecule has 0 amide bonds. The molecule has 6 nitrogen and oxygen atoms in total. The highest BCUT2D eigenvalue weighted by molar-refractivity contribution is 5.90. The standard InChI is InChI=1S/C10H20N2O4/c1-3-6(2)8(12)10(15)16-9(14)7(11)4-5-13/h6-8,13H,3-5,11-12H2,1-2H3/t6-,7-,8-/m0/s1. The summed E-state index contributed by atoms with van der Waals surface area (Å²) in [7, 11) is 0. The number of carbonyl (C=O) groups is 2. The summed E-state index contributed by atoms with van der Waals surface area (Å²) in [5.41, 5.74) is 10.9. The van der Waals surface area contributed by atoms with E-state index in [4.69, 9.17) is 16.6 Å². The van der Waals surface area contributed by atoms with Crippen LogP contribution < -0.4 is 11.5 Å². The van der Waals surface area contributed by atoms with Crippen LogP contribution in [0.5, 0.6) is 0 Å². The van der Waals surface area contributed by atoms with Crippen molar-refractivity contribution in [1.82, 2.24) is 0 Å². The first-order valence-corrected chi connectivity index (χ1v) is 5.31. The Morgan fingerprint density at radius 2 is 1.88 bits per heavy atom. The molecule has 6 heteroatoms. The topological polar surface area (TPSA) is 116 Å². The molecule has 0 aliphatic carbocycles. The van der Waals surface area contributed by atoms with Crippen LogP contribution >= 0.6 is 0 Å². The fraction of sp³-hybridized carbons (Fsp3) is 0.800. The zero-order valence-electron chi connectivity index (χ0n) is 9.68. The molecule has 0 radical (unpaired) electrons. The molecular formula is C10H20N2O4. The fourth-order valence-electron chi connectivity index (χ4n) is 0.986. The first-order chi connectivity index (χ1) is 7.43. The Hall–Kier alpha value is -0.980. The van der Waals surface area contributed by atoms with Gasteiger partial charge in [-0.25, -0.2) is 9.59 Å². The van der Waals surface area contributed by atoms with Gasteiger partial charge in [0.2, 0.25) is 0 Å². The number of rotatable bonds is 6. The van der Waals surface area contributed by atoms with Crippen LogP contribution in [0.4, 0.5) is 0 Å². The summed E-state index contributed by atoms with van der Waals surface area (Å²) < 4.78 is 4.51. The highest BCUT2D eigenvalue weighted by atomic mass is 16.6. The summed E-state index contributed by atoms with van der Waals surface area (Å²) in [5, 5.41) is 8.56. The molecule has 0 bridgehead atoms. The van der Waals surface area contributed by atoms with Gasteiger partial charge in [-0.15, -0.1) is 0 Å². The molecular weight excluding hydrogens is 212 g/mol. The lowest BCUT2D eigenvalue weighted by atomic mass is 10.0. The lowest BCUT2D eigenvalue weighted by molar-refractivity contribution is -0.162. The Morgan fingerprint density at radius 3 is 2.31 bits per heavy atom. The number of hydrogen-bond donors (Lipinski definition) is 3. The third-order valence-electron chi connectivity index (χ3n) is 2.47. The van der Waals surface area contributed by atoms with Crippen molar-refractivity contribution in [3.05, 3.63) is 0 Å². The molecule has 0 saturated heterocycles. The minimum absolute atomic E-state index is 0.0602. The van der Waals surface area contributed by atoms with Crippen molar-refractivity contribution in [3.63, 3.8) is 0 Å². The van der Waals surface area contributed by atoms with Crippen LogP contribution in [0.25, 0.3) is 0 Å². The Kier molecular flexibility index (Phi) is 6.87. The molecule has 0 aromatic rings.